The fraction of sp³-hybridized carbons (Fsp3) is 0.269. The van der Waals surface area contributed by atoms with Crippen molar-refractivity contribution in [2.75, 3.05) is 0 Å². The first-order valence-electron chi connectivity index (χ1n) is 10.1. The Bertz CT molecular complexity index is 865. The molecule has 0 aliphatic heterocycles. The Morgan fingerprint density at radius 3 is 2.04 bits per heavy atom. The van der Waals surface area contributed by atoms with E-state index in [1.807, 2.05) is 61.5 Å². The second kappa shape index (κ2) is 9.89. The first-order valence-corrected chi connectivity index (χ1v) is 10.1. The second-order valence-electron chi connectivity index (χ2n) is 7.19. The number of carbonyl (C=O) groups excluding carboxylic acids is 1. The summed E-state index contributed by atoms with van der Waals surface area (Å²) in [7, 11) is 0. The van der Waals surface area contributed by atoms with E-state index >= 15 is 0 Å². The molecule has 0 saturated carbocycles. The molecule has 0 N–H and O–H groups in total. The summed E-state index contributed by atoms with van der Waals surface area (Å²) in [5.74, 6) is -0.297. The van der Waals surface area contributed by atoms with Gasteiger partial charge in [0.1, 0.15) is 6.10 Å². The fourth-order valence-electron chi connectivity index (χ4n) is 3.26. The highest BCUT2D eigenvalue weighted by Gasteiger charge is 2.13. The third-order valence-corrected chi connectivity index (χ3v) is 5.03. The molecule has 0 radical (unpaired) electrons. The van der Waals surface area contributed by atoms with E-state index in [1.54, 1.807) is 0 Å². The summed E-state index contributed by atoms with van der Waals surface area (Å²) < 4.78 is 5.59. The minimum Gasteiger partial charge on any atom is -0.454 e. The van der Waals surface area contributed by atoms with E-state index in [-0.39, 0.29) is 12.1 Å². The first kappa shape index (κ1) is 19.9. The zero-order valence-corrected chi connectivity index (χ0v) is 16.7. The van der Waals surface area contributed by atoms with Gasteiger partial charge in [-0.15, -0.1) is 0 Å². The number of hydrogen-bond donors (Lipinski definition) is 0. The molecule has 3 aromatic carbocycles. The van der Waals surface area contributed by atoms with Gasteiger partial charge in [0.15, 0.2) is 0 Å². The smallest absolute Gasteiger partial charge is 0.338 e. The van der Waals surface area contributed by atoms with Gasteiger partial charge in [0, 0.05) is 0 Å². The van der Waals surface area contributed by atoms with E-state index in [0.717, 1.165) is 23.1 Å². The number of ether oxygens (including phenoxy) is 1. The van der Waals surface area contributed by atoms with Crippen molar-refractivity contribution in [1.29, 1.82) is 0 Å². The summed E-state index contributed by atoms with van der Waals surface area (Å²) in [6.45, 7) is 4.12. The van der Waals surface area contributed by atoms with Gasteiger partial charge in [0.25, 0.3) is 0 Å². The lowest BCUT2D eigenvalue weighted by molar-refractivity contribution is 0.0338. The van der Waals surface area contributed by atoms with Crippen LogP contribution in [0.3, 0.4) is 0 Å². The number of hydrogen-bond acceptors (Lipinski definition) is 2. The van der Waals surface area contributed by atoms with E-state index in [4.69, 9.17) is 4.74 Å². The van der Waals surface area contributed by atoms with E-state index in [1.165, 1.54) is 24.8 Å². The lowest BCUT2D eigenvalue weighted by Crippen LogP contribution is -2.09. The lowest BCUT2D eigenvalue weighted by Gasteiger charge is -2.13. The van der Waals surface area contributed by atoms with Crippen molar-refractivity contribution in [3.05, 3.63) is 95.6 Å². The number of rotatable bonds is 8. The number of benzene rings is 3. The minimum absolute atomic E-state index is 0.270. The molecule has 2 heteroatoms. The molecule has 1 unspecified atom stereocenters. The zero-order valence-electron chi connectivity index (χ0n) is 16.7. The maximum Gasteiger partial charge on any atom is 0.338 e. The van der Waals surface area contributed by atoms with Crippen LogP contribution in [-0.2, 0) is 11.2 Å². The molecule has 3 rings (SSSR count). The van der Waals surface area contributed by atoms with Crippen LogP contribution in [0, 0.1) is 0 Å². The molecule has 1 atom stereocenters. The van der Waals surface area contributed by atoms with Gasteiger partial charge in [0.05, 0.1) is 5.56 Å². The summed E-state index contributed by atoms with van der Waals surface area (Å²) in [6.07, 6.45) is 4.64. The largest absolute Gasteiger partial charge is 0.454 e. The van der Waals surface area contributed by atoms with Crippen LogP contribution in [0.5, 0.6) is 0 Å². The maximum atomic E-state index is 12.4. The van der Waals surface area contributed by atoms with Crippen LogP contribution in [-0.4, -0.2) is 5.97 Å². The van der Waals surface area contributed by atoms with Crippen molar-refractivity contribution in [3.8, 4) is 11.1 Å². The van der Waals surface area contributed by atoms with Gasteiger partial charge in [-0.3, -0.25) is 0 Å². The van der Waals surface area contributed by atoms with Gasteiger partial charge in [-0.25, -0.2) is 4.79 Å². The molecule has 0 bridgehead atoms. The van der Waals surface area contributed by atoms with Gasteiger partial charge in [-0.05, 0) is 54.2 Å². The molecule has 0 spiro atoms. The van der Waals surface area contributed by atoms with Gasteiger partial charge >= 0.3 is 5.97 Å². The van der Waals surface area contributed by atoms with Crippen LogP contribution >= 0.6 is 0 Å². The number of aryl methyl sites for hydroxylation is 1. The average Bonchev–Trinajstić information content (AvgIpc) is 2.75. The van der Waals surface area contributed by atoms with Gasteiger partial charge in [0.2, 0.25) is 0 Å². The molecule has 3 aromatic rings. The number of esters is 1. The van der Waals surface area contributed by atoms with Crippen molar-refractivity contribution in [3.63, 3.8) is 0 Å². The summed E-state index contributed by atoms with van der Waals surface area (Å²) >= 11 is 0. The molecule has 0 saturated heterocycles. The Kier molecular flexibility index (Phi) is 7.02. The molecule has 0 fully saturated rings. The first-order chi connectivity index (χ1) is 13.7. The average molecular weight is 373 g/mol. The Morgan fingerprint density at radius 1 is 0.821 bits per heavy atom. The molecule has 0 heterocycles. The fourth-order valence-corrected chi connectivity index (χ4v) is 3.26. The van der Waals surface area contributed by atoms with Crippen LogP contribution < -0.4 is 0 Å². The van der Waals surface area contributed by atoms with E-state index in [9.17, 15) is 4.79 Å². The maximum absolute atomic E-state index is 12.4. The second-order valence-corrected chi connectivity index (χ2v) is 7.19. The Balaban J connectivity index is 1.62. The summed E-state index contributed by atoms with van der Waals surface area (Å²) in [6, 6.07) is 26.1. The lowest BCUT2D eigenvalue weighted by atomic mass is 10.0. The summed E-state index contributed by atoms with van der Waals surface area (Å²) in [5.41, 5.74) is 5.21. The quantitative estimate of drug-likeness (QED) is 0.314. The SMILES string of the molecule is CCCCCc1ccc(-c2ccc(C(=O)OC(C)c3ccccc3)cc2)cc1. The zero-order chi connectivity index (χ0) is 19.8. The minimum atomic E-state index is -0.297. The standard InChI is InChI=1S/C26H28O2/c1-3-4-6-9-21-12-14-23(15-13-21)24-16-18-25(19-17-24)26(27)28-20(2)22-10-7-5-8-11-22/h5,7-8,10-20H,3-4,6,9H2,1-2H3. The molecule has 2 nitrogen and oxygen atoms in total. The highest BCUT2D eigenvalue weighted by Crippen LogP contribution is 2.23. The van der Waals surface area contributed by atoms with E-state index < -0.39 is 0 Å². The van der Waals surface area contributed by atoms with Crippen LogP contribution in [0.1, 0.15) is 60.7 Å². The monoisotopic (exact) mass is 372 g/mol. The van der Waals surface area contributed by atoms with Crippen LogP contribution in [0.2, 0.25) is 0 Å². The molecular formula is C26H28O2. The number of unbranched alkanes of at least 4 members (excludes halogenated alkanes) is 2. The Morgan fingerprint density at radius 2 is 1.43 bits per heavy atom. The predicted molar refractivity (Wildman–Crippen MR) is 115 cm³/mol. The van der Waals surface area contributed by atoms with Gasteiger partial charge in [-0.1, -0.05) is 86.5 Å². The van der Waals surface area contributed by atoms with E-state index in [0.29, 0.717) is 5.56 Å². The highest BCUT2D eigenvalue weighted by atomic mass is 16.5. The topological polar surface area (TPSA) is 26.3 Å². The van der Waals surface area contributed by atoms with Gasteiger partial charge in [-0.2, -0.15) is 0 Å². The van der Waals surface area contributed by atoms with Crippen LogP contribution in [0.15, 0.2) is 78.9 Å². The van der Waals surface area contributed by atoms with Crippen LogP contribution in [0.4, 0.5) is 0 Å². The molecule has 28 heavy (non-hydrogen) atoms. The molecule has 0 aliphatic rings. The highest BCUT2D eigenvalue weighted by molar-refractivity contribution is 5.90. The molecular weight excluding hydrogens is 344 g/mol. The third-order valence-electron chi connectivity index (χ3n) is 5.03. The summed E-state index contributed by atoms with van der Waals surface area (Å²) in [4.78, 5) is 12.4. The molecule has 144 valence electrons. The Hall–Kier alpha value is -2.87. The Labute approximate surface area is 168 Å². The van der Waals surface area contributed by atoms with Crippen molar-refractivity contribution in [1.82, 2.24) is 0 Å². The number of carbonyl (C=O) groups is 1. The third kappa shape index (κ3) is 5.32. The molecule has 0 aliphatic carbocycles. The van der Waals surface area contributed by atoms with Crippen molar-refractivity contribution < 1.29 is 9.53 Å². The normalized spacial score (nSPS) is 11.8. The predicted octanol–water partition coefficient (Wildman–Crippen LogP) is 7.00. The van der Waals surface area contributed by atoms with Gasteiger partial charge < -0.3 is 4.74 Å². The summed E-state index contributed by atoms with van der Waals surface area (Å²) in [5, 5.41) is 0. The van der Waals surface area contributed by atoms with Crippen molar-refractivity contribution >= 4 is 5.97 Å². The molecule has 0 amide bonds. The van der Waals surface area contributed by atoms with Crippen LogP contribution in [0.25, 0.3) is 11.1 Å². The van der Waals surface area contributed by atoms with E-state index in [2.05, 4.69) is 31.2 Å². The molecule has 0 aromatic heterocycles. The van der Waals surface area contributed by atoms with Crippen molar-refractivity contribution in [2.24, 2.45) is 0 Å². The van der Waals surface area contributed by atoms with Crippen molar-refractivity contribution in [2.45, 2.75) is 45.6 Å².